The number of hydrogen-bond donors (Lipinski definition) is 1. The monoisotopic (exact) mass is 467 g/mol. The van der Waals surface area contributed by atoms with Crippen molar-refractivity contribution < 1.29 is 19.1 Å². The summed E-state index contributed by atoms with van der Waals surface area (Å²) in [6, 6.07) is 7.33. The van der Waals surface area contributed by atoms with Crippen LogP contribution in [0.15, 0.2) is 24.3 Å². The first-order valence-corrected chi connectivity index (χ1v) is 12.4. The van der Waals surface area contributed by atoms with Crippen molar-refractivity contribution in [2.45, 2.75) is 65.8 Å². The van der Waals surface area contributed by atoms with Gasteiger partial charge in [0.25, 0.3) is 5.91 Å². The van der Waals surface area contributed by atoms with E-state index in [4.69, 9.17) is 14.6 Å². The van der Waals surface area contributed by atoms with E-state index in [9.17, 15) is 9.59 Å². The molecule has 4 rings (SSSR count). The summed E-state index contributed by atoms with van der Waals surface area (Å²) >= 11 is 0. The lowest BCUT2D eigenvalue weighted by atomic mass is 9.74. The standard InChI is InChI=1S/C27H37N3O4/c1-5-30-24-21(16-27(18-28-25(24)32)11-13-34-14-12-27)22(29-30)17-26(2,3)10-9-23(31)19-7-6-8-20(15-19)33-4/h6-8,15H,5,9-14,16-18H2,1-4H3,(H,28,32). The van der Waals surface area contributed by atoms with Gasteiger partial charge in [0, 0.05) is 43.9 Å². The minimum absolute atomic E-state index is 0.0232. The van der Waals surface area contributed by atoms with Crippen molar-refractivity contribution in [1.82, 2.24) is 15.1 Å². The molecule has 184 valence electrons. The van der Waals surface area contributed by atoms with E-state index in [1.807, 2.05) is 29.8 Å². The second-order valence-electron chi connectivity index (χ2n) is 10.6. The third-order valence-corrected chi connectivity index (χ3v) is 7.44. The van der Waals surface area contributed by atoms with Gasteiger partial charge in [0.15, 0.2) is 5.78 Å². The average molecular weight is 468 g/mol. The lowest BCUT2D eigenvalue weighted by Crippen LogP contribution is -2.40. The van der Waals surface area contributed by atoms with Crippen molar-refractivity contribution in [1.29, 1.82) is 0 Å². The maximum atomic E-state index is 13.1. The number of amides is 1. The minimum atomic E-state index is -0.138. The highest BCUT2D eigenvalue weighted by atomic mass is 16.5. The summed E-state index contributed by atoms with van der Waals surface area (Å²) in [6.07, 6.45) is 4.66. The number of carbonyl (C=O) groups is 2. The van der Waals surface area contributed by atoms with Crippen LogP contribution in [0.1, 0.15) is 78.6 Å². The molecule has 7 heteroatoms. The number of ketones is 1. The Hall–Kier alpha value is -2.67. The highest BCUT2D eigenvalue weighted by Crippen LogP contribution is 2.39. The first kappa shape index (κ1) is 24.5. The molecule has 0 saturated carbocycles. The van der Waals surface area contributed by atoms with Crippen LogP contribution in [0.2, 0.25) is 0 Å². The number of aryl methyl sites for hydroxylation is 1. The Morgan fingerprint density at radius 2 is 2.06 bits per heavy atom. The number of nitrogens with one attached hydrogen (secondary N) is 1. The van der Waals surface area contributed by atoms with E-state index in [0.717, 1.165) is 56.6 Å². The molecule has 1 fully saturated rings. The zero-order chi connectivity index (χ0) is 24.3. The van der Waals surface area contributed by atoms with Gasteiger partial charge in [-0.1, -0.05) is 26.0 Å². The Balaban J connectivity index is 1.53. The van der Waals surface area contributed by atoms with E-state index in [0.29, 0.717) is 36.5 Å². The van der Waals surface area contributed by atoms with Gasteiger partial charge in [-0.3, -0.25) is 14.3 Å². The first-order valence-electron chi connectivity index (χ1n) is 12.4. The molecular weight excluding hydrogens is 430 g/mol. The highest BCUT2D eigenvalue weighted by Gasteiger charge is 2.40. The predicted octanol–water partition coefficient (Wildman–Crippen LogP) is 4.23. The van der Waals surface area contributed by atoms with Crippen molar-refractivity contribution in [3.05, 3.63) is 46.8 Å². The zero-order valence-corrected chi connectivity index (χ0v) is 20.9. The molecule has 1 aromatic heterocycles. The van der Waals surface area contributed by atoms with E-state index in [1.165, 1.54) is 0 Å². The molecule has 1 aromatic carbocycles. The fourth-order valence-electron chi connectivity index (χ4n) is 5.24. The number of aromatic nitrogens is 2. The largest absolute Gasteiger partial charge is 0.497 e. The van der Waals surface area contributed by atoms with Crippen LogP contribution in [0.5, 0.6) is 5.75 Å². The van der Waals surface area contributed by atoms with Gasteiger partial charge < -0.3 is 14.8 Å². The summed E-state index contributed by atoms with van der Waals surface area (Å²) in [4.78, 5) is 25.9. The van der Waals surface area contributed by atoms with Crippen LogP contribution >= 0.6 is 0 Å². The van der Waals surface area contributed by atoms with Crippen molar-refractivity contribution in [2.24, 2.45) is 10.8 Å². The Morgan fingerprint density at radius 3 is 2.76 bits per heavy atom. The molecular formula is C27H37N3O4. The highest BCUT2D eigenvalue weighted by molar-refractivity contribution is 5.96. The maximum Gasteiger partial charge on any atom is 0.269 e. The molecule has 0 atom stereocenters. The maximum absolute atomic E-state index is 13.1. The Kier molecular flexibility index (Phi) is 7.12. The molecule has 0 aliphatic carbocycles. The fourth-order valence-corrected chi connectivity index (χ4v) is 5.24. The quantitative estimate of drug-likeness (QED) is 0.588. The molecule has 34 heavy (non-hydrogen) atoms. The molecule has 1 saturated heterocycles. The smallest absolute Gasteiger partial charge is 0.269 e. The Bertz CT molecular complexity index is 1050. The van der Waals surface area contributed by atoms with E-state index >= 15 is 0 Å². The lowest BCUT2D eigenvalue weighted by molar-refractivity contribution is 0.0160. The van der Waals surface area contributed by atoms with Gasteiger partial charge in [-0.2, -0.15) is 5.10 Å². The van der Waals surface area contributed by atoms with Crippen LogP contribution in [-0.2, 0) is 24.1 Å². The molecule has 1 spiro atoms. The number of nitrogens with zero attached hydrogens (tertiary/aromatic N) is 2. The van der Waals surface area contributed by atoms with E-state index in [2.05, 4.69) is 19.2 Å². The van der Waals surface area contributed by atoms with E-state index in [-0.39, 0.29) is 22.5 Å². The fraction of sp³-hybridized carbons (Fsp3) is 0.593. The van der Waals surface area contributed by atoms with Crippen LogP contribution in [0.25, 0.3) is 0 Å². The zero-order valence-electron chi connectivity index (χ0n) is 20.9. The first-order chi connectivity index (χ1) is 16.3. The molecule has 3 heterocycles. The number of hydrogen-bond acceptors (Lipinski definition) is 5. The lowest BCUT2D eigenvalue weighted by Gasteiger charge is -2.36. The van der Waals surface area contributed by atoms with Gasteiger partial charge in [-0.25, -0.2) is 0 Å². The number of benzene rings is 1. The number of rotatable bonds is 8. The van der Waals surface area contributed by atoms with Crippen LogP contribution in [0, 0.1) is 10.8 Å². The number of Topliss-reactive ketones (excluding diaryl/α,β-unsaturated/α-hetero) is 1. The van der Waals surface area contributed by atoms with Gasteiger partial charge >= 0.3 is 0 Å². The van der Waals surface area contributed by atoms with Crippen LogP contribution in [0.3, 0.4) is 0 Å². The number of fused-ring (bicyclic) bond motifs is 1. The Labute approximate surface area is 202 Å². The number of ether oxygens (including phenoxy) is 2. The SMILES string of the molecule is CCn1nc(CC(C)(C)CCC(=O)c2cccc(OC)c2)c2c1C(=O)NCC1(CCOCC1)C2. The van der Waals surface area contributed by atoms with Crippen molar-refractivity contribution >= 4 is 11.7 Å². The molecule has 0 unspecified atom stereocenters. The van der Waals surface area contributed by atoms with E-state index in [1.54, 1.807) is 13.2 Å². The predicted molar refractivity (Wildman–Crippen MR) is 130 cm³/mol. The van der Waals surface area contributed by atoms with Crippen molar-refractivity contribution in [3.63, 3.8) is 0 Å². The summed E-state index contributed by atoms with van der Waals surface area (Å²) in [5.41, 5.74) is 3.37. The summed E-state index contributed by atoms with van der Waals surface area (Å²) in [5, 5.41) is 8.07. The molecule has 1 N–H and O–H groups in total. The molecule has 2 aliphatic rings. The topological polar surface area (TPSA) is 82.5 Å². The normalized spacial score (nSPS) is 17.7. The van der Waals surface area contributed by atoms with Crippen molar-refractivity contribution in [2.75, 3.05) is 26.9 Å². The van der Waals surface area contributed by atoms with Gasteiger partial charge in [-0.15, -0.1) is 0 Å². The van der Waals surface area contributed by atoms with Crippen LogP contribution < -0.4 is 10.1 Å². The summed E-state index contributed by atoms with van der Waals surface area (Å²) in [7, 11) is 1.61. The third-order valence-electron chi connectivity index (χ3n) is 7.44. The molecule has 2 aromatic rings. The van der Waals surface area contributed by atoms with Gasteiger partial charge in [-0.05, 0) is 62.0 Å². The minimum Gasteiger partial charge on any atom is -0.497 e. The molecule has 7 nitrogen and oxygen atoms in total. The van der Waals surface area contributed by atoms with Crippen LogP contribution in [-0.4, -0.2) is 48.3 Å². The summed E-state index contributed by atoms with van der Waals surface area (Å²) < 4.78 is 12.7. The number of methoxy groups -OCH3 is 1. The van der Waals surface area contributed by atoms with Gasteiger partial charge in [0.2, 0.25) is 0 Å². The second kappa shape index (κ2) is 9.90. The number of carbonyl (C=O) groups excluding carboxylic acids is 2. The van der Waals surface area contributed by atoms with Crippen molar-refractivity contribution in [3.8, 4) is 5.75 Å². The van der Waals surface area contributed by atoms with E-state index < -0.39 is 0 Å². The molecule has 0 bridgehead atoms. The molecule has 0 radical (unpaired) electrons. The third kappa shape index (κ3) is 5.19. The van der Waals surface area contributed by atoms with Gasteiger partial charge in [0.05, 0.1) is 12.8 Å². The molecule has 2 aliphatic heterocycles. The van der Waals surface area contributed by atoms with Crippen LogP contribution in [0.4, 0.5) is 0 Å². The van der Waals surface area contributed by atoms with Gasteiger partial charge in [0.1, 0.15) is 11.4 Å². The Morgan fingerprint density at radius 1 is 1.29 bits per heavy atom. The summed E-state index contributed by atoms with van der Waals surface area (Å²) in [5.74, 6) is 0.786. The second-order valence-corrected chi connectivity index (χ2v) is 10.6. The molecule has 1 amide bonds. The summed E-state index contributed by atoms with van der Waals surface area (Å²) in [6.45, 7) is 9.21. The average Bonchev–Trinajstić information content (AvgIpc) is 3.10.